The summed E-state index contributed by atoms with van der Waals surface area (Å²) in [6, 6.07) is 6.81. The van der Waals surface area contributed by atoms with Crippen LogP contribution in [0.3, 0.4) is 0 Å². The standard InChI is InChI=1S/C15H20ClNO4/c1-4-17(10-9-14(18)20-3)15(19)11(2)21-13-7-5-12(16)6-8-13/h5-8,11H,4,9-10H2,1-3H3. The molecule has 1 amide bonds. The van der Waals surface area contributed by atoms with Crippen LogP contribution >= 0.6 is 11.6 Å². The summed E-state index contributed by atoms with van der Waals surface area (Å²) in [5.41, 5.74) is 0. The number of likely N-dealkylation sites (N-methyl/N-ethyl adjacent to an activating group) is 1. The van der Waals surface area contributed by atoms with Crippen LogP contribution in [0, 0.1) is 0 Å². The molecule has 116 valence electrons. The van der Waals surface area contributed by atoms with Gasteiger partial charge in [-0.1, -0.05) is 11.6 Å². The lowest BCUT2D eigenvalue weighted by Gasteiger charge is -2.24. The Kier molecular flexibility index (Phi) is 7.02. The molecule has 0 spiro atoms. The average molecular weight is 314 g/mol. The van der Waals surface area contributed by atoms with Gasteiger partial charge in [0.25, 0.3) is 5.91 Å². The van der Waals surface area contributed by atoms with Crippen LogP contribution in [0.5, 0.6) is 5.75 Å². The van der Waals surface area contributed by atoms with E-state index in [0.717, 1.165) is 0 Å². The van der Waals surface area contributed by atoms with Crippen LogP contribution in [0.1, 0.15) is 20.3 Å². The minimum Gasteiger partial charge on any atom is -0.481 e. The second-order valence-corrected chi connectivity index (χ2v) is 4.89. The first kappa shape index (κ1) is 17.3. The lowest BCUT2D eigenvalue weighted by molar-refractivity contribution is -0.143. The number of methoxy groups -OCH3 is 1. The smallest absolute Gasteiger partial charge is 0.307 e. The third kappa shape index (κ3) is 5.63. The van der Waals surface area contributed by atoms with Gasteiger partial charge in [-0.25, -0.2) is 0 Å². The maximum absolute atomic E-state index is 12.3. The first-order valence-corrected chi connectivity index (χ1v) is 7.13. The molecule has 1 aromatic carbocycles. The van der Waals surface area contributed by atoms with Gasteiger partial charge in [0.05, 0.1) is 13.5 Å². The molecule has 0 radical (unpaired) electrons. The zero-order chi connectivity index (χ0) is 15.8. The van der Waals surface area contributed by atoms with Crippen LogP contribution in [-0.4, -0.2) is 43.1 Å². The Bertz CT molecular complexity index is 475. The maximum atomic E-state index is 12.3. The number of carbonyl (C=O) groups excluding carboxylic acids is 2. The number of ether oxygens (including phenoxy) is 2. The van der Waals surface area contributed by atoms with E-state index in [9.17, 15) is 9.59 Å². The molecule has 6 heteroatoms. The number of halogens is 1. The number of hydrogen-bond donors (Lipinski definition) is 0. The van der Waals surface area contributed by atoms with E-state index in [1.807, 2.05) is 6.92 Å². The van der Waals surface area contributed by atoms with E-state index in [1.165, 1.54) is 7.11 Å². The fraction of sp³-hybridized carbons (Fsp3) is 0.467. The van der Waals surface area contributed by atoms with Crippen molar-refractivity contribution < 1.29 is 19.1 Å². The van der Waals surface area contributed by atoms with Gasteiger partial charge in [-0.15, -0.1) is 0 Å². The minimum atomic E-state index is -0.635. The van der Waals surface area contributed by atoms with Gasteiger partial charge in [0.1, 0.15) is 5.75 Å². The lowest BCUT2D eigenvalue weighted by atomic mass is 10.3. The summed E-state index contributed by atoms with van der Waals surface area (Å²) < 4.78 is 10.2. The Balaban J connectivity index is 2.57. The largest absolute Gasteiger partial charge is 0.481 e. The molecule has 0 aliphatic rings. The van der Waals surface area contributed by atoms with E-state index in [4.69, 9.17) is 16.3 Å². The van der Waals surface area contributed by atoms with Crippen LogP contribution < -0.4 is 4.74 Å². The molecule has 1 unspecified atom stereocenters. The van der Waals surface area contributed by atoms with E-state index in [2.05, 4.69) is 4.74 Å². The van der Waals surface area contributed by atoms with Crippen molar-refractivity contribution in [2.75, 3.05) is 20.2 Å². The van der Waals surface area contributed by atoms with Crippen molar-refractivity contribution in [2.45, 2.75) is 26.4 Å². The Morgan fingerprint density at radius 3 is 2.43 bits per heavy atom. The van der Waals surface area contributed by atoms with Gasteiger partial charge in [-0.05, 0) is 38.1 Å². The third-order valence-electron chi connectivity index (χ3n) is 2.98. The second kappa shape index (κ2) is 8.52. The quantitative estimate of drug-likeness (QED) is 0.726. The third-order valence-corrected chi connectivity index (χ3v) is 3.23. The number of amides is 1. The Morgan fingerprint density at radius 2 is 1.90 bits per heavy atom. The summed E-state index contributed by atoms with van der Waals surface area (Å²) >= 11 is 5.79. The molecule has 0 fully saturated rings. The lowest BCUT2D eigenvalue weighted by Crippen LogP contribution is -2.41. The SMILES string of the molecule is CCN(CCC(=O)OC)C(=O)C(C)Oc1ccc(Cl)cc1. The molecule has 1 aromatic rings. The van der Waals surface area contributed by atoms with E-state index in [-0.39, 0.29) is 18.3 Å². The molecule has 21 heavy (non-hydrogen) atoms. The Hall–Kier alpha value is -1.75. The summed E-state index contributed by atoms with van der Waals surface area (Å²) in [7, 11) is 1.33. The minimum absolute atomic E-state index is 0.170. The first-order valence-electron chi connectivity index (χ1n) is 6.75. The highest BCUT2D eigenvalue weighted by Crippen LogP contribution is 2.17. The average Bonchev–Trinajstić information content (AvgIpc) is 2.49. The summed E-state index contributed by atoms with van der Waals surface area (Å²) in [5, 5.41) is 0.606. The van der Waals surface area contributed by atoms with Gasteiger partial charge in [0.15, 0.2) is 6.10 Å². The van der Waals surface area contributed by atoms with Gasteiger partial charge in [0, 0.05) is 18.1 Å². The normalized spacial score (nSPS) is 11.6. The van der Waals surface area contributed by atoms with Crippen molar-refractivity contribution in [3.63, 3.8) is 0 Å². The molecule has 0 aliphatic heterocycles. The van der Waals surface area contributed by atoms with Gasteiger partial charge in [-0.2, -0.15) is 0 Å². The predicted octanol–water partition coefficient (Wildman–Crippen LogP) is 2.52. The van der Waals surface area contributed by atoms with E-state index in [0.29, 0.717) is 23.9 Å². The second-order valence-electron chi connectivity index (χ2n) is 4.46. The zero-order valence-electron chi connectivity index (χ0n) is 12.5. The number of rotatable bonds is 7. The monoisotopic (exact) mass is 313 g/mol. The van der Waals surface area contributed by atoms with Crippen LogP contribution in [-0.2, 0) is 14.3 Å². The number of benzene rings is 1. The molecule has 0 aliphatic carbocycles. The van der Waals surface area contributed by atoms with Crippen molar-refractivity contribution in [2.24, 2.45) is 0 Å². The molecule has 1 rings (SSSR count). The van der Waals surface area contributed by atoms with E-state index < -0.39 is 6.10 Å². The molecule has 0 aromatic heterocycles. The van der Waals surface area contributed by atoms with Crippen molar-refractivity contribution in [1.82, 2.24) is 4.90 Å². The molecule has 0 heterocycles. The number of esters is 1. The van der Waals surface area contributed by atoms with Gasteiger partial charge < -0.3 is 14.4 Å². The van der Waals surface area contributed by atoms with Gasteiger partial charge in [0.2, 0.25) is 0 Å². The van der Waals surface area contributed by atoms with Gasteiger partial charge in [-0.3, -0.25) is 9.59 Å². The summed E-state index contributed by atoms with van der Waals surface area (Å²) in [4.78, 5) is 25.0. The Morgan fingerprint density at radius 1 is 1.29 bits per heavy atom. The molecular weight excluding hydrogens is 294 g/mol. The van der Waals surface area contributed by atoms with Crippen molar-refractivity contribution in [1.29, 1.82) is 0 Å². The van der Waals surface area contributed by atoms with E-state index in [1.54, 1.807) is 36.1 Å². The predicted molar refractivity (Wildman–Crippen MR) is 80.4 cm³/mol. The van der Waals surface area contributed by atoms with Crippen LogP contribution in [0.4, 0.5) is 0 Å². The molecule has 0 saturated carbocycles. The summed E-state index contributed by atoms with van der Waals surface area (Å²) in [6.45, 7) is 4.35. The molecular formula is C15H20ClNO4. The topological polar surface area (TPSA) is 55.8 Å². The zero-order valence-corrected chi connectivity index (χ0v) is 13.2. The van der Waals surface area contributed by atoms with Gasteiger partial charge >= 0.3 is 5.97 Å². The molecule has 0 saturated heterocycles. The fourth-order valence-electron chi connectivity index (χ4n) is 1.78. The maximum Gasteiger partial charge on any atom is 0.307 e. The fourth-order valence-corrected chi connectivity index (χ4v) is 1.90. The molecule has 5 nitrogen and oxygen atoms in total. The van der Waals surface area contributed by atoms with Crippen molar-refractivity contribution >= 4 is 23.5 Å². The van der Waals surface area contributed by atoms with Crippen LogP contribution in [0.15, 0.2) is 24.3 Å². The van der Waals surface area contributed by atoms with Crippen molar-refractivity contribution in [3.8, 4) is 5.75 Å². The van der Waals surface area contributed by atoms with Crippen LogP contribution in [0.25, 0.3) is 0 Å². The summed E-state index contributed by atoms with van der Waals surface area (Å²) in [5.74, 6) is 0.0631. The highest BCUT2D eigenvalue weighted by molar-refractivity contribution is 6.30. The van der Waals surface area contributed by atoms with Crippen LogP contribution in [0.2, 0.25) is 5.02 Å². The number of hydrogen-bond acceptors (Lipinski definition) is 4. The molecule has 1 atom stereocenters. The molecule has 0 N–H and O–H groups in total. The summed E-state index contributed by atoms with van der Waals surface area (Å²) in [6.07, 6.45) is -0.465. The highest BCUT2D eigenvalue weighted by atomic mass is 35.5. The van der Waals surface area contributed by atoms with E-state index >= 15 is 0 Å². The van der Waals surface area contributed by atoms with Crippen molar-refractivity contribution in [3.05, 3.63) is 29.3 Å². The highest BCUT2D eigenvalue weighted by Gasteiger charge is 2.21. The number of carbonyl (C=O) groups is 2. The number of nitrogens with zero attached hydrogens (tertiary/aromatic N) is 1. The molecule has 0 bridgehead atoms. The Labute approximate surface area is 129 Å². The first-order chi connectivity index (χ1) is 9.97.